The zero-order valence-electron chi connectivity index (χ0n) is 14.7. The molecule has 1 saturated heterocycles. The third-order valence-electron chi connectivity index (χ3n) is 4.98. The maximum Gasteiger partial charge on any atom is 0.119 e. The minimum absolute atomic E-state index is 0.496. The molecule has 4 heterocycles. The van der Waals surface area contributed by atoms with Crippen molar-refractivity contribution in [1.29, 1.82) is 0 Å². The Labute approximate surface area is 161 Å². The second-order valence-electron chi connectivity index (χ2n) is 6.81. The molecule has 1 aliphatic heterocycles. The van der Waals surface area contributed by atoms with Gasteiger partial charge >= 0.3 is 0 Å². The van der Waals surface area contributed by atoms with E-state index in [9.17, 15) is 4.39 Å². The Morgan fingerprint density at radius 1 is 1.04 bits per heavy atom. The van der Waals surface area contributed by atoms with E-state index >= 15 is 0 Å². The molecule has 134 valence electrons. The lowest BCUT2D eigenvalue weighted by Crippen LogP contribution is -2.19. The van der Waals surface area contributed by atoms with Crippen LogP contribution in [0, 0.1) is 0 Å². The first-order valence-electron chi connectivity index (χ1n) is 9.07. The highest BCUT2D eigenvalue weighted by molar-refractivity contribution is 7.22. The molecule has 0 saturated carbocycles. The van der Waals surface area contributed by atoms with Crippen molar-refractivity contribution < 1.29 is 4.39 Å². The predicted molar refractivity (Wildman–Crippen MR) is 110 cm³/mol. The number of nitrogens with zero attached hydrogens (tertiary/aromatic N) is 3. The standard InChI is InChI=1S/C22H18FN3S/c23-17-9-11-26(14-17)18-5-3-15(4-6-18)19-7-8-21-20(25-19)12-22(27-21)16-2-1-10-24-13-16/h1-8,10,12-13,17H,9,11,14H2/t17-/m1/s1. The fourth-order valence-electron chi connectivity index (χ4n) is 3.53. The largest absolute Gasteiger partial charge is 0.369 e. The summed E-state index contributed by atoms with van der Waals surface area (Å²) in [5, 5.41) is 0. The second-order valence-corrected chi connectivity index (χ2v) is 7.89. The van der Waals surface area contributed by atoms with E-state index in [0.717, 1.165) is 34.6 Å². The summed E-state index contributed by atoms with van der Waals surface area (Å²) < 4.78 is 14.6. The summed E-state index contributed by atoms with van der Waals surface area (Å²) in [6.07, 6.45) is 3.58. The van der Waals surface area contributed by atoms with Gasteiger partial charge in [-0.05, 0) is 42.8 Å². The highest BCUT2D eigenvalue weighted by atomic mass is 32.1. The lowest BCUT2D eigenvalue weighted by Gasteiger charge is -2.17. The molecule has 0 aliphatic carbocycles. The summed E-state index contributed by atoms with van der Waals surface area (Å²) in [4.78, 5) is 12.3. The van der Waals surface area contributed by atoms with Gasteiger partial charge in [-0.3, -0.25) is 4.98 Å². The molecule has 0 amide bonds. The molecule has 0 spiro atoms. The first kappa shape index (κ1) is 16.4. The van der Waals surface area contributed by atoms with E-state index in [1.807, 2.05) is 12.3 Å². The monoisotopic (exact) mass is 375 g/mol. The van der Waals surface area contributed by atoms with Gasteiger partial charge < -0.3 is 4.90 Å². The lowest BCUT2D eigenvalue weighted by molar-refractivity contribution is 0.364. The topological polar surface area (TPSA) is 29.0 Å². The van der Waals surface area contributed by atoms with E-state index in [2.05, 4.69) is 58.4 Å². The highest BCUT2D eigenvalue weighted by Gasteiger charge is 2.21. The lowest BCUT2D eigenvalue weighted by atomic mass is 10.1. The summed E-state index contributed by atoms with van der Waals surface area (Å²) in [6, 6.07) is 18.6. The van der Waals surface area contributed by atoms with Crippen LogP contribution in [0.3, 0.4) is 0 Å². The Balaban J connectivity index is 1.44. The maximum absolute atomic E-state index is 13.4. The molecule has 0 radical (unpaired) electrons. The Morgan fingerprint density at radius 2 is 1.93 bits per heavy atom. The van der Waals surface area contributed by atoms with Crippen LogP contribution in [0.15, 0.2) is 67.0 Å². The van der Waals surface area contributed by atoms with Crippen LogP contribution in [0.25, 0.3) is 31.9 Å². The fourth-order valence-corrected chi connectivity index (χ4v) is 4.52. The predicted octanol–water partition coefficient (Wildman–Crippen LogP) is 5.57. The van der Waals surface area contributed by atoms with Crippen LogP contribution in [-0.4, -0.2) is 29.2 Å². The highest BCUT2D eigenvalue weighted by Crippen LogP contribution is 2.34. The molecule has 0 bridgehead atoms. The second kappa shape index (κ2) is 6.74. The van der Waals surface area contributed by atoms with Gasteiger partial charge in [0.05, 0.1) is 15.9 Å². The summed E-state index contributed by atoms with van der Waals surface area (Å²) in [5.41, 5.74) is 5.22. The SMILES string of the molecule is F[C@@H]1CCN(c2ccc(-c3ccc4sc(-c5cccnc5)cc4n3)cc2)C1. The first-order chi connectivity index (χ1) is 13.3. The van der Waals surface area contributed by atoms with Gasteiger partial charge in [0.15, 0.2) is 0 Å². The normalized spacial score (nSPS) is 16.9. The number of rotatable bonds is 3. The van der Waals surface area contributed by atoms with Crippen molar-refractivity contribution in [3.05, 3.63) is 67.0 Å². The number of hydrogen-bond acceptors (Lipinski definition) is 4. The Morgan fingerprint density at radius 3 is 2.67 bits per heavy atom. The van der Waals surface area contributed by atoms with Crippen molar-refractivity contribution in [2.45, 2.75) is 12.6 Å². The van der Waals surface area contributed by atoms with Gasteiger partial charge in [-0.25, -0.2) is 9.37 Å². The summed E-state index contributed by atoms with van der Waals surface area (Å²) in [7, 11) is 0. The van der Waals surface area contributed by atoms with Crippen LogP contribution in [0.4, 0.5) is 10.1 Å². The Hall–Kier alpha value is -2.79. The van der Waals surface area contributed by atoms with E-state index in [4.69, 9.17) is 4.98 Å². The van der Waals surface area contributed by atoms with Crippen molar-refractivity contribution >= 4 is 27.2 Å². The van der Waals surface area contributed by atoms with Crippen molar-refractivity contribution in [1.82, 2.24) is 9.97 Å². The number of alkyl halides is 1. The van der Waals surface area contributed by atoms with Gasteiger partial charge in [-0.15, -0.1) is 11.3 Å². The number of pyridine rings is 2. The Bertz CT molecular complexity index is 1080. The summed E-state index contributed by atoms with van der Waals surface area (Å²) in [5.74, 6) is 0. The molecule has 1 aliphatic rings. The van der Waals surface area contributed by atoms with Gasteiger partial charge in [0.1, 0.15) is 6.17 Å². The van der Waals surface area contributed by atoms with Crippen LogP contribution >= 0.6 is 11.3 Å². The van der Waals surface area contributed by atoms with Crippen molar-refractivity contribution in [3.8, 4) is 21.7 Å². The van der Waals surface area contributed by atoms with Gasteiger partial charge in [0, 0.05) is 47.2 Å². The van der Waals surface area contributed by atoms with E-state index in [1.54, 1.807) is 17.5 Å². The summed E-state index contributed by atoms with van der Waals surface area (Å²) >= 11 is 1.73. The number of halogens is 1. The molecular weight excluding hydrogens is 357 g/mol. The zero-order valence-corrected chi connectivity index (χ0v) is 15.5. The molecule has 5 heteroatoms. The van der Waals surface area contributed by atoms with Crippen LogP contribution < -0.4 is 4.90 Å². The van der Waals surface area contributed by atoms with Crippen LogP contribution in [0.2, 0.25) is 0 Å². The van der Waals surface area contributed by atoms with Gasteiger partial charge in [-0.2, -0.15) is 0 Å². The molecule has 27 heavy (non-hydrogen) atoms. The van der Waals surface area contributed by atoms with Gasteiger partial charge in [-0.1, -0.05) is 18.2 Å². The van der Waals surface area contributed by atoms with Crippen LogP contribution in [0.1, 0.15) is 6.42 Å². The Kier molecular flexibility index (Phi) is 4.09. The average Bonchev–Trinajstić information content (AvgIpc) is 3.34. The molecule has 3 aromatic heterocycles. The average molecular weight is 375 g/mol. The number of hydrogen-bond donors (Lipinski definition) is 0. The van der Waals surface area contributed by atoms with E-state index < -0.39 is 6.17 Å². The summed E-state index contributed by atoms with van der Waals surface area (Å²) in [6.45, 7) is 1.28. The first-order valence-corrected chi connectivity index (χ1v) is 9.88. The van der Waals surface area contributed by atoms with E-state index in [1.165, 1.54) is 9.58 Å². The molecule has 0 N–H and O–H groups in total. The third kappa shape index (κ3) is 3.19. The van der Waals surface area contributed by atoms with Gasteiger partial charge in [0.25, 0.3) is 0 Å². The van der Waals surface area contributed by atoms with Crippen molar-refractivity contribution in [2.24, 2.45) is 0 Å². The number of thiophene rings is 1. The molecular formula is C22H18FN3S. The molecule has 0 unspecified atom stereocenters. The van der Waals surface area contributed by atoms with Crippen molar-refractivity contribution in [2.75, 3.05) is 18.0 Å². The molecule has 1 atom stereocenters. The van der Waals surface area contributed by atoms with E-state index in [-0.39, 0.29) is 0 Å². The molecule has 1 aromatic carbocycles. The molecule has 4 aromatic rings. The smallest absolute Gasteiger partial charge is 0.119 e. The van der Waals surface area contributed by atoms with Crippen LogP contribution in [-0.2, 0) is 0 Å². The quantitative estimate of drug-likeness (QED) is 0.468. The molecule has 1 fully saturated rings. The minimum Gasteiger partial charge on any atom is -0.369 e. The van der Waals surface area contributed by atoms with E-state index in [0.29, 0.717) is 13.0 Å². The van der Waals surface area contributed by atoms with Crippen molar-refractivity contribution in [3.63, 3.8) is 0 Å². The fraction of sp³-hybridized carbons (Fsp3) is 0.182. The zero-order chi connectivity index (χ0) is 18.2. The molecule has 3 nitrogen and oxygen atoms in total. The number of fused-ring (bicyclic) bond motifs is 1. The van der Waals surface area contributed by atoms with Gasteiger partial charge in [0.2, 0.25) is 0 Å². The minimum atomic E-state index is -0.707. The number of benzene rings is 1. The number of anilines is 1. The van der Waals surface area contributed by atoms with Crippen LogP contribution in [0.5, 0.6) is 0 Å². The molecule has 5 rings (SSSR count). The number of aromatic nitrogens is 2. The maximum atomic E-state index is 13.4. The third-order valence-corrected chi connectivity index (χ3v) is 6.12.